The van der Waals surface area contributed by atoms with Crippen LogP contribution in [0.5, 0.6) is 5.75 Å². The van der Waals surface area contributed by atoms with Crippen molar-refractivity contribution in [3.63, 3.8) is 0 Å². The molecule has 0 fully saturated rings. The van der Waals surface area contributed by atoms with Gasteiger partial charge in [-0.25, -0.2) is 0 Å². The van der Waals surface area contributed by atoms with Gasteiger partial charge in [-0.3, -0.25) is 19.2 Å². The van der Waals surface area contributed by atoms with E-state index in [4.69, 9.17) is 9.47 Å². The van der Waals surface area contributed by atoms with Crippen molar-refractivity contribution in [2.24, 2.45) is 0 Å². The average Bonchev–Trinajstić information content (AvgIpc) is 3.04. The third-order valence-electron chi connectivity index (χ3n) is 8.48. The number of aryl methyl sites for hydroxylation is 1. The van der Waals surface area contributed by atoms with E-state index in [1.165, 1.54) is 6.42 Å². The smallest absolute Gasteiger partial charge is 0.311 e. The SMILES string of the molecule is CCCCCCCc1[nH]c2ccccc2c(=O)c1OC(=O)CCCC(=O)OC1C(=O)c2ccccc2NC1CCCCCCC. The highest BCUT2D eigenvalue weighted by molar-refractivity contribution is 6.07. The molecule has 4 rings (SSSR count). The summed E-state index contributed by atoms with van der Waals surface area (Å²) in [7, 11) is 0. The number of carbonyl (C=O) groups excluding carboxylic acids is 3. The monoisotopic (exact) mass is 616 g/mol. The van der Waals surface area contributed by atoms with E-state index in [1.807, 2.05) is 24.3 Å². The van der Waals surface area contributed by atoms with Gasteiger partial charge >= 0.3 is 11.9 Å². The number of para-hydroxylation sites is 2. The van der Waals surface area contributed by atoms with E-state index in [-0.39, 0.29) is 42.3 Å². The zero-order chi connectivity index (χ0) is 32.0. The zero-order valence-electron chi connectivity index (χ0n) is 26.8. The molecule has 45 heavy (non-hydrogen) atoms. The van der Waals surface area contributed by atoms with E-state index < -0.39 is 18.0 Å². The third-order valence-corrected chi connectivity index (χ3v) is 8.48. The molecule has 2 atom stereocenters. The van der Waals surface area contributed by atoms with Crippen LogP contribution in [0.2, 0.25) is 0 Å². The van der Waals surface area contributed by atoms with Crippen molar-refractivity contribution >= 4 is 34.3 Å². The summed E-state index contributed by atoms with van der Waals surface area (Å²) in [5, 5.41) is 3.88. The second kappa shape index (κ2) is 17.5. The van der Waals surface area contributed by atoms with Gasteiger partial charge in [0.25, 0.3) is 0 Å². The molecule has 1 aliphatic rings. The zero-order valence-corrected chi connectivity index (χ0v) is 26.8. The van der Waals surface area contributed by atoms with Crippen molar-refractivity contribution in [3.8, 4) is 5.75 Å². The van der Waals surface area contributed by atoms with Crippen LogP contribution in [0, 0.1) is 0 Å². The average molecular weight is 617 g/mol. The predicted octanol–water partition coefficient (Wildman–Crippen LogP) is 8.07. The second-order valence-corrected chi connectivity index (χ2v) is 12.1. The fourth-order valence-electron chi connectivity index (χ4n) is 5.96. The Hall–Kier alpha value is -3.94. The molecule has 0 aliphatic carbocycles. The summed E-state index contributed by atoms with van der Waals surface area (Å²) >= 11 is 0. The Labute approximate surface area is 266 Å². The first-order valence-corrected chi connectivity index (χ1v) is 16.9. The number of fused-ring (bicyclic) bond motifs is 2. The number of ether oxygens (including phenoxy) is 2. The minimum Gasteiger partial charge on any atom is -0.452 e. The number of rotatable bonds is 18. The molecule has 0 amide bonds. The molecule has 3 aromatic rings. The summed E-state index contributed by atoms with van der Waals surface area (Å²) in [5.41, 5.74) is 2.29. The van der Waals surface area contributed by atoms with Gasteiger partial charge in [-0.15, -0.1) is 0 Å². The van der Waals surface area contributed by atoms with Gasteiger partial charge in [0.1, 0.15) is 0 Å². The van der Waals surface area contributed by atoms with Gasteiger partial charge in [0, 0.05) is 35.0 Å². The maximum atomic E-state index is 13.3. The highest BCUT2D eigenvalue weighted by Gasteiger charge is 2.37. The predicted molar refractivity (Wildman–Crippen MR) is 178 cm³/mol. The number of esters is 2. The first-order chi connectivity index (χ1) is 21.9. The van der Waals surface area contributed by atoms with Gasteiger partial charge < -0.3 is 19.8 Å². The number of anilines is 1. The maximum Gasteiger partial charge on any atom is 0.311 e. The fourth-order valence-corrected chi connectivity index (χ4v) is 5.96. The molecule has 2 unspecified atom stereocenters. The lowest BCUT2D eigenvalue weighted by atomic mass is 9.90. The highest BCUT2D eigenvalue weighted by atomic mass is 16.5. The first kappa shape index (κ1) is 33.9. The maximum absolute atomic E-state index is 13.3. The Balaban J connectivity index is 1.34. The summed E-state index contributed by atoms with van der Waals surface area (Å²) in [5.74, 6) is -1.27. The van der Waals surface area contributed by atoms with Crippen molar-refractivity contribution < 1.29 is 23.9 Å². The molecule has 8 nitrogen and oxygen atoms in total. The largest absolute Gasteiger partial charge is 0.452 e. The number of Topliss-reactive ketones (excluding diaryl/α,β-unsaturated/α-hetero) is 1. The molecule has 2 heterocycles. The molecule has 1 aromatic heterocycles. The van der Waals surface area contributed by atoms with Crippen LogP contribution in [0.15, 0.2) is 53.3 Å². The Morgan fingerprint density at radius 1 is 0.756 bits per heavy atom. The Morgan fingerprint density at radius 2 is 1.42 bits per heavy atom. The lowest BCUT2D eigenvalue weighted by Gasteiger charge is -2.33. The van der Waals surface area contributed by atoms with Gasteiger partial charge in [-0.05, 0) is 49.9 Å². The van der Waals surface area contributed by atoms with Crippen LogP contribution < -0.4 is 15.5 Å². The van der Waals surface area contributed by atoms with Crippen LogP contribution in [0.3, 0.4) is 0 Å². The first-order valence-electron chi connectivity index (χ1n) is 16.9. The van der Waals surface area contributed by atoms with Crippen molar-refractivity contribution in [1.82, 2.24) is 4.98 Å². The van der Waals surface area contributed by atoms with Crippen molar-refractivity contribution in [3.05, 3.63) is 70.0 Å². The highest BCUT2D eigenvalue weighted by Crippen LogP contribution is 2.29. The van der Waals surface area contributed by atoms with Crippen LogP contribution in [0.4, 0.5) is 5.69 Å². The standard InChI is InChI=1S/C37H48N2O6/c1-3-5-7-9-11-22-30-36(34(42)26-18-13-15-20-28(26)38-30)44-32(40)24-17-25-33(41)45-37-31(23-12-10-8-6-4-2)39-29-21-16-14-19-27(29)35(37)43/h13-16,18-21,30,36,38H,3-12,17,22-25H2,1-2H3,(H,39,43). The molecule has 2 N–H and O–H groups in total. The number of nitrogens with one attached hydrogen (secondary N) is 2. The van der Waals surface area contributed by atoms with Gasteiger partial charge in [-0.1, -0.05) is 95.9 Å². The van der Waals surface area contributed by atoms with Crippen molar-refractivity contribution in [2.45, 2.75) is 122 Å². The van der Waals surface area contributed by atoms with Crippen LogP contribution in [-0.2, 0) is 20.7 Å². The van der Waals surface area contributed by atoms with Gasteiger partial charge in [0.05, 0.1) is 11.7 Å². The number of hydrogen-bond donors (Lipinski definition) is 2. The van der Waals surface area contributed by atoms with Crippen LogP contribution in [-0.4, -0.2) is 34.9 Å². The normalized spacial score (nSPS) is 15.8. The van der Waals surface area contributed by atoms with Crippen LogP contribution in [0.25, 0.3) is 10.9 Å². The molecule has 0 saturated heterocycles. The molecule has 0 radical (unpaired) electrons. The lowest BCUT2D eigenvalue weighted by Crippen LogP contribution is -2.46. The van der Waals surface area contributed by atoms with Crippen LogP contribution >= 0.6 is 0 Å². The molecular weight excluding hydrogens is 568 g/mol. The Kier molecular flexibility index (Phi) is 13.2. The number of aromatic nitrogens is 1. The number of H-pyrrole nitrogens is 1. The molecule has 0 spiro atoms. The summed E-state index contributed by atoms with van der Waals surface area (Å²) in [4.78, 5) is 55.7. The molecule has 1 aliphatic heterocycles. The third kappa shape index (κ3) is 9.52. The molecular formula is C37H48N2O6. The van der Waals surface area contributed by atoms with E-state index in [0.717, 1.165) is 69.9 Å². The number of hydrogen-bond acceptors (Lipinski definition) is 7. The van der Waals surface area contributed by atoms with Gasteiger partial charge in [0.2, 0.25) is 11.2 Å². The van der Waals surface area contributed by atoms with E-state index in [1.54, 1.807) is 24.3 Å². The van der Waals surface area contributed by atoms with Crippen LogP contribution in [0.1, 0.15) is 120 Å². The number of unbranched alkanes of at least 4 members (excludes halogenated alkanes) is 8. The fraction of sp³-hybridized carbons (Fsp3) is 0.514. The Morgan fingerprint density at radius 3 is 2.20 bits per heavy atom. The molecule has 8 heteroatoms. The topological polar surface area (TPSA) is 115 Å². The van der Waals surface area contributed by atoms with Gasteiger partial charge in [-0.2, -0.15) is 0 Å². The quantitative estimate of drug-likeness (QED) is 0.110. The second-order valence-electron chi connectivity index (χ2n) is 12.1. The summed E-state index contributed by atoms with van der Waals surface area (Å²) < 4.78 is 11.4. The van der Waals surface area contributed by atoms with E-state index in [0.29, 0.717) is 28.6 Å². The minimum absolute atomic E-state index is 0.0380. The van der Waals surface area contributed by atoms with Crippen molar-refractivity contribution in [2.75, 3.05) is 5.32 Å². The summed E-state index contributed by atoms with van der Waals surface area (Å²) in [6.07, 6.45) is 11.3. The number of benzene rings is 2. The van der Waals surface area contributed by atoms with E-state index in [2.05, 4.69) is 24.1 Å². The molecule has 242 valence electrons. The van der Waals surface area contributed by atoms with Crippen molar-refractivity contribution in [1.29, 1.82) is 0 Å². The number of carbonyl (C=O) groups is 3. The van der Waals surface area contributed by atoms with Gasteiger partial charge in [0.15, 0.2) is 11.9 Å². The molecule has 0 bridgehead atoms. The number of pyridine rings is 1. The molecule has 2 aromatic carbocycles. The number of ketones is 1. The number of aromatic amines is 1. The summed E-state index contributed by atoms with van der Waals surface area (Å²) in [6.45, 7) is 4.33. The minimum atomic E-state index is -0.915. The molecule has 0 saturated carbocycles. The summed E-state index contributed by atoms with van der Waals surface area (Å²) in [6, 6.07) is 14.2. The Bertz CT molecular complexity index is 1500. The van der Waals surface area contributed by atoms with E-state index >= 15 is 0 Å². The lowest BCUT2D eigenvalue weighted by molar-refractivity contribution is -0.148. The van der Waals surface area contributed by atoms with E-state index in [9.17, 15) is 19.2 Å².